The molecule has 138 valence electrons. The molecule has 0 N–H and O–H groups in total. The van der Waals surface area contributed by atoms with Crippen LogP contribution in [-0.4, -0.2) is 17.0 Å². The molecule has 0 fully saturated rings. The van der Waals surface area contributed by atoms with Crippen LogP contribution in [0, 0.1) is 20.8 Å². The number of rotatable bonds is 12. The molecule has 0 atom stereocenters. The van der Waals surface area contributed by atoms with Gasteiger partial charge < -0.3 is 0 Å². The second-order valence-electron chi connectivity index (χ2n) is 7.66. The minimum atomic E-state index is -2.05. The molecule has 24 heavy (non-hydrogen) atoms. The number of hydrogen-bond donors (Lipinski definition) is 0. The van der Waals surface area contributed by atoms with E-state index >= 15 is 0 Å². The molecule has 0 saturated carbocycles. The van der Waals surface area contributed by atoms with Gasteiger partial charge in [0.25, 0.3) is 0 Å². The van der Waals surface area contributed by atoms with Crippen LogP contribution in [0.3, 0.4) is 0 Å². The Morgan fingerprint density at radius 2 is 1.17 bits per heavy atom. The first kappa shape index (κ1) is 22.4. The zero-order valence-corrected chi connectivity index (χ0v) is 20.8. The summed E-state index contributed by atoms with van der Waals surface area (Å²) in [4.78, 5) is 0. The quantitative estimate of drug-likeness (QED) is 0.286. The van der Waals surface area contributed by atoms with E-state index in [4.69, 9.17) is 0 Å². The van der Waals surface area contributed by atoms with Crippen molar-refractivity contribution in [2.24, 2.45) is 0 Å². The molecule has 0 aliphatic carbocycles. The predicted molar refractivity (Wildman–Crippen MR) is 117 cm³/mol. The van der Waals surface area contributed by atoms with Gasteiger partial charge in [-0.2, -0.15) is 0 Å². The Kier molecular flexibility index (Phi) is 11.1. The van der Waals surface area contributed by atoms with E-state index in [0.717, 1.165) is 0 Å². The van der Waals surface area contributed by atoms with Crippen LogP contribution >= 0.6 is 8.95 Å². The summed E-state index contributed by atoms with van der Waals surface area (Å²) in [5.41, 5.74) is 6.08. The predicted octanol–water partition coefficient (Wildman–Crippen LogP) is 8.19. The topological polar surface area (TPSA) is 0 Å². The second-order valence-corrected chi connectivity index (χ2v) is 27.6. The Morgan fingerprint density at radius 3 is 1.54 bits per heavy atom. The van der Waals surface area contributed by atoms with E-state index in [9.17, 15) is 0 Å². The van der Waals surface area contributed by atoms with Crippen molar-refractivity contribution in [2.75, 3.05) is 0 Å². The van der Waals surface area contributed by atoms with Gasteiger partial charge in [0, 0.05) is 0 Å². The molecule has 2 heteroatoms. The van der Waals surface area contributed by atoms with E-state index in [0.29, 0.717) is 0 Å². The van der Waals surface area contributed by atoms with Crippen molar-refractivity contribution < 1.29 is 0 Å². The summed E-state index contributed by atoms with van der Waals surface area (Å²) in [6.07, 6.45) is 8.55. The molecule has 0 spiro atoms. The fraction of sp³-hybridized carbons (Fsp3) is 0.727. The summed E-state index contributed by atoms with van der Waals surface area (Å²) in [6, 6.07) is 4.76. The first-order valence-corrected chi connectivity index (χ1v) is 20.7. The van der Waals surface area contributed by atoms with Crippen LogP contribution in [0.1, 0.15) is 81.5 Å². The number of benzene rings is 1. The zero-order valence-electron chi connectivity index (χ0n) is 17.1. The molecule has 0 unspecified atom stereocenters. The average Bonchev–Trinajstić information content (AvgIpc) is 2.54. The number of hydrogen-bond acceptors (Lipinski definition) is 1. The molecule has 0 bridgehead atoms. The van der Waals surface area contributed by atoms with Gasteiger partial charge in [0.15, 0.2) is 0 Å². The summed E-state index contributed by atoms with van der Waals surface area (Å²) in [7, 11) is 2.49. The van der Waals surface area contributed by atoms with E-state index in [2.05, 4.69) is 62.6 Å². The monoisotopic (exact) mass is 456 g/mol. The molecular weight excluding hydrogens is 415 g/mol. The second kappa shape index (κ2) is 11.9. The summed E-state index contributed by atoms with van der Waals surface area (Å²) in [5, 5.41) is 0. The van der Waals surface area contributed by atoms with Crippen LogP contribution in [0.25, 0.3) is 0 Å². The zero-order chi connectivity index (χ0) is 18.0. The van der Waals surface area contributed by atoms with Crippen LogP contribution in [0.15, 0.2) is 12.1 Å². The standard InChI is InChI=1S/C10H14S.3C4H9.Sn/c1-7-4-8(2)10(6-11)9(3)5-7;3*1-3-4-2;/h4-5,11H,6H2,1-3H3;3*1,3-4H2,2H3;/q;;;;+1/p-1. The molecule has 0 heterocycles. The van der Waals surface area contributed by atoms with Crippen molar-refractivity contribution >= 4 is 25.9 Å². The van der Waals surface area contributed by atoms with Crippen LogP contribution in [-0.2, 0) is 5.75 Å². The van der Waals surface area contributed by atoms with E-state index in [1.54, 1.807) is 18.9 Å². The Labute approximate surface area is 158 Å². The third-order valence-corrected chi connectivity index (χ3v) is 27.8. The molecule has 1 aromatic rings. The third kappa shape index (κ3) is 7.31. The molecule has 0 aromatic heterocycles. The van der Waals surface area contributed by atoms with Crippen LogP contribution in [0.2, 0.25) is 13.3 Å². The molecule has 0 aliphatic rings. The van der Waals surface area contributed by atoms with Crippen LogP contribution in [0.4, 0.5) is 0 Å². The van der Waals surface area contributed by atoms with E-state index in [1.807, 2.05) is 0 Å². The van der Waals surface area contributed by atoms with Gasteiger partial charge in [-0.05, 0) is 0 Å². The van der Waals surface area contributed by atoms with Crippen molar-refractivity contribution in [3.8, 4) is 0 Å². The Bertz CT molecular complexity index is 436. The third-order valence-electron chi connectivity index (χ3n) is 5.32. The van der Waals surface area contributed by atoms with Gasteiger partial charge in [0.05, 0.1) is 0 Å². The van der Waals surface area contributed by atoms with E-state index in [-0.39, 0.29) is 0 Å². The molecule has 0 saturated heterocycles. The Balaban J connectivity index is 2.92. The first-order valence-electron chi connectivity index (χ1n) is 10.2. The van der Waals surface area contributed by atoms with Gasteiger partial charge in [-0.3, -0.25) is 0 Å². The van der Waals surface area contributed by atoms with Crippen molar-refractivity contribution in [3.63, 3.8) is 0 Å². The summed E-state index contributed by atoms with van der Waals surface area (Å²) >= 11 is -2.05. The Hall–Kier alpha value is 0.369. The molecule has 0 amide bonds. The Morgan fingerprint density at radius 1 is 0.750 bits per heavy atom. The molecule has 1 rings (SSSR count). The van der Waals surface area contributed by atoms with Gasteiger partial charge in [0.2, 0.25) is 0 Å². The minimum absolute atomic E-state index is 1.28. The van der Waals surface area contributed by atoms with Gasteiger partial charge in [-0.1, -0.05) is 0 Å². The first-order chi connectivity index (χ1) is 11.5. The molecule has 0 radical (unpaired) electrons. The fourth-order valence-corrected chi connectivity index (χ4v) is 26.2. The van der Waals surface area contributed by atoms with Gasteiger partial charge in [0.1, 0.15) is 0 Å². The average molecular weight is 455 g/mol. The molecular formula is C22H40SSn. The van der Waals surface area contributed by atoms with E-state index in [1.165, 1.54) is 61.0 Å². The maximum atomic E-state index is 2.49. The van der Waals surface area contributed by atoms with Crippen molar-refractivity contribution in [1.82, 2.24) is 0 Å². The summed E-state index contributed by atoms with van der Waals surface area (Å²) < 4.78 is 4.83. The van der Waals surface area contributed by atoms with Crippen molar-refractivity contribution in [2.45, 2.75) is 99.1 Å². The normalized spacial score (nSPS) is 11.9. The number of unbranched alkanes of at least 4 members (excludes halogenated alkanes) is 3. The molecule has 0 aliphatic heterocycles. The van der Waals surface area contributed by atoms with Crippen LogP contribution < -0.4 is 0 Å². The van der Waals surface area contributed by atoms with Crippen molar-refractivity contribution in [3.05, 3.63) is 34.4 Å². The van der Waals surface area contributed by atoms with Gasteiger partial charge >= 0.3 is 159 Å². The molecule has 0 nitrogen and oxygen atoms in total. The maximum absolute atomic E-state index is 2.49. The van der Waals surface area contributed by atoms with Gasteiger partial charge in [-0.25, -0.2) is 0 Å². The van der Waals surface area contributed by atoms with Gasteiger partial charge in [-0.15, -0.1) is 0 Å². The summed E-state index contributed by atoms with van der Waals surface area (Å²) in [6.45, 7) is 14.0. The van der Waals surface area contributed by atoms with E-state index < -0.39 is 17.0 Å². The fourth-order valence-electron chi connectivity index (χ4n) is 3.75. The van der Waals surface area contributed by atoms with Crippen LogP contribution in [0.5, 0.6) is 0 Å². The number of aryl methyl sites for hydroxylation is 3. The summed E-state index contributed by atoms with van der Waals surface area (Å²) in [5.74, 6) is 1.28. The van der Waals surface area contributed by atoms with Crippen molar-refractivity contribution in [1.29, 1.82) is 0 Å². The molecule has 1 aromatic carbocycles. The SMILES string of the molecule is CCC[CH2][Sn]([CH2]CCC)([CH2]CCC)[S]Cc1c(C)cc(C)cc1C.